The molecule has 0 spiro atoms. The molecular formula is C20H32N4O5S. The molecule has 0 aliphatic carbocycles. The highest BCUT2D eigenvalue weighted by Gasteiger charge is 2.32. The van der Waals surface area contributed by atoms with Gasteiger partial charge < -0.3 is 19.5 Å². The van der Waals surface area contributed by atoms with E-state index in [0.717, 1.165) is 23.6 Å². The number of rotatable bonds is 7. The zero-order valence-corrected chi connectivity index (χ0v) is 18.4. The minimum absolute atomic E-state index is 0.0705. The summed E-state index contributed by atoms with van der Waals surface area (Å²) in [5.74, 6) is 1.94. The first-order valence-electron chi connectivity index (χ1n) is 10.6. The normalized spacial score (nSPS) is 29.8. The molecule has 0 amide bonds. The van der Waals surface area contributed by atoms with Gasteiger partial charge in [0.2, 0.25) is 10.0 Å². The lowest BCUT2D eigenvalue weighted by molar-refractivity contribution is -0.0440. The molecule has 1 aromatic carbocycles. The average Bonchev–Trinajstić information content (AvgIpc) is 3.19. The fourth-order valence-corrected chi connectivity index (χ4v) is 5.84. The zero-order valence-electron chi connectivity index (χ0n) is 17.6. The number of ether oxygens (including phenoxy) is 3. The van der Waals surface area contributed by atoms with Crippen LogP contribution in [-0.2, 0) is 14.8 Å². The van der Waals surface area contributed by atoms with E-state index in [1.54, 1.807) is 4.31 Å². The van der Waals surface area contributed by atoms with Crippen LogP contribution in [0.5, 0.6) is 11.5 Å². The van der Waals surface area contributed by atoms with Crippen LogP contribution in [0.15, 0.2) is 18.2 Å². The molecule has 2 saturated heterocycles. The lowest BCUT2D eigenvalue weighted by Crippen LogP contribution is -2.49. The summed E-state index contributed by atoms with van der Waals surface area (Å²) in [6.07, 6.45) is -0.141. The van der Waals surface area contributed by atoms with Gasteiger partial charge in [0.05, 0.1) is 24.0 Å². The van der Waals surface area contributed by atoms with Crippen molar-refractivity contribution in [2.24, 2.45) is 5.92 Å². The Labute approximate surface area is 178 Å². The predicted molar refractivity (Wildman–Crippen MR) is 113 cm³/mol. The summed E-state index contributed by atoms with van der Waals surface area (Å²) in [6, 6.07) is 6.14. The van der Waals surface area contributed by atoms with Crippen molar-refractivity contribution in [3.8, 4) is 11.5 Å². The number of hydrogen-bond acceptors (Lipinski definition) is 8. The summed E-state index contributed by atoms with van der Waals surface area (Å²) in [5, 5.41) is 3.33. The molecule has 10 heteroatoms. The molecule has 3 aliphatic rings. The Kier molecular flexibility index (Phi) is 6.81. The second-order valence-electron chi connectivity index (χ2n) is 8.26. The van der Waals surface area contributed by atoms with Crippen LogP contribution in [-0.4, -0.2) is 76.6 Å². The molecule has 168 valence electrons. The monoisotopic (exact) mass is 440 g/mol. The molecule has 9 nitrogen and oxygen atoms in total. The molecule has 1 aromatic rings. The Morgan fingerprint density at radius 1 is 1.13 bits per heavy atom. The van der Waals surface area contributed by atoms with E-state index < -0.39 is 10.0 Å². The van der Waals surface area contributed by atoms with E-state index in [4.69, 9.17) is 14.2 Å². The van der Waals surface area contributed by atoms with E-state index in [2.05, 4.69) is 22.2 Å². The van der Waals surface area contributed by atoms with Gasteiger partial charge in [-0.05, 0) is 31.5 Å². The Morgan fingerprint density at radius 2 is 1.87 bits per heavy atom. The highest BCUT2D eigenvalue weighted by atomic mass is 32.2. The summed E-state index contributed by atoms with van der Waals surface area (Å²) < 4.78 is 43.8. The number of hydrazine groups is 1. The highest BCUT2D eigenvalue weighted by molar-refractivity contribution is 7.89. The van der Waals surface area contributed by atoms with Gasteiger partial charge in [0.25, 0.3) is 0 Å². The van der Waals surface area contributed by atoms with Crippen molar-refractivity contribution in [1.29, 1.82) is 0 Å². The topological polar surface area (TPSA) is 101 Å². The summed E-state index contributed by atoms with van der Waals surface area (Å²) in [4.78, 5) is 0. The van der Waals surface area contributed by atoms with Gasteiger partial charge in [-0.1, -0.05) is 6.07 Å². The van der Waals surface area contributed by atoms with E-state index in [1.807, 2.05) is 26.0 Å². The first-order valence-corrected chi connectivity index (χ1v) is 12.3. The maximum Gasteiger partial charge on any atom is 0.215 e. The quantitative estimate of drug-likeness (QED) is 0.519. The van der Waals surface area contributed by atoms with Crippen molar-refractivity contribution in [1.82, 2.24) is 20.5 Å². The van der Waals surface area contributed by atoms with Gasteiger partial charge in [0, 0.05) is 38.6 Å². The van der Waals surface area contributed by atoms with E-state index in [0.29, 0.717) is 45.3 Å². The SMILES string of the molecule is CC1CN(S(=O)(=O)CCNCC2CNNC2c2ccc3c(c2)OCCO3)CC(C)O1. The van der Waals surface area contributed by atoms with E-state index in [1.165, 1.54) is 0 Å². The van der Waals surface area contributed by atoms with Crippen molar-refractivity contribution in [2.75, 3.05) is 51.7 Å². The van der Waals surface area contributed by atoms with Gasteiger partial charge in [-0.2, -0.15) is 4.31 Å². The Morgan fingerprint density at radius 3 is 2.63 bits per heavy atom. The Balaban J connectivity index is 1.28. The Bertz CT molecular complexity index is 826. The molecule has 0 radical (unpaired) electrons. The van der Waals surface area contributed by atoms with Crippen LogP contribution in [0.4, 0.5) is 0 Å². The fraction of sp³-hybridized carbons (Fsp3) is 0.700. The average molecular weight is 441 g/mol. The first-order chi connectivity index (χ1) is 14.4. The van der Waals surface area contributed by atoms with Crippen molar-refractivity contribution in [3.63, 3.8) is 0 Å². The van der Waals surface area contributed by atoms with E-state index in [-0.39, 0.29) is 24.0 Å². The third-order valence-corrected chi connectivity index (χ3v) is 7.55. The van der Waals surface area contributed by atoms with Crippen molar-refractivity contribution in [2.45, 2.75) is 32.1 Å². The number of benzene rings is 1. The molecule has 4 rings (SSSR count). The Hall–Kier alpha value is -1.43. The maximum atomic E-state index is 12.7. The van der Waals surface area contributed by atoms with Gasteiger partial charge in [-0.3, -0.25) is 5.43 Å². The van der Waals surface area contributed by atoms with Crippen LogP contribution in [0.1, 0.15) is 25.5 Å². The van der Waals surface area contributed by atoms with Crippen molar-refractivity contribution < 1.29 is 22.6 Å². The molecule has 3 heterocycles. The maximum absolute atomic E-state index is 12.7. The number of nitrogens with zero attached hydrogens (tertiary/aromatic N) is 1. The second-order valence-corrected chi connectivity index (χ2v) is 10.3. The third kappa shape index (κ3) is 5.06. The van der Waals surface area contributed by atoms with Crippen LogP contribution in [0, 0.1) is 5.92 Å². The van der Waals surface area contributed by atoms with Crippen LogP contribution < -0.4 is 25.6 Å². The predicted octanol–water partition coefficient (Wildman–Crippen LogP) is 0.252. The molecule has 30 heavy (non-hydrogen) atoms. The lowest BCUT2D eigenvalue weighted by atomic mass is 9.94. The molecular weight excluding hydrogens is 408 g/mol. The summed E-state index contributed by atoms with van der Waals surface area (Å²) in [6.45, 7) is 7.75. The standard InChI is InChI=1S/C20H32N4O5S/c1-14-12-24(13-15(2)29-14)30(25,26)8-5-21-10-17-11-22-23-20(17)16-3-4-18-19(9-16)28-7-6-27-18/h3-4,9,14-15,17,20-23H,5-8,10-13H2,1-2H3. The van der Waals surface area contributed by atoms with Crippen LogP contribution >= 0.6 is 0 Å². The van der Waals surface area contributed by atoms with Crippen LogP contribution in [0.2, 0.25) is 0 Å². The van der Waals surface area contributed by atoms with Crippen LogP contribution in [0.25, 0.3) is 0 Å². The van der Waals surface area contributed by atoms with Crippen LogP contribution in [0.3, 0.4) is 0 Å². The second kappa shape index (κ2) is 9.37. The molecule has 0 saturated carbocycles. The molecule has 4 unspecified atom stereocenters. The van der Waals surface area contributed by atoms with E-state index in [9.17, 15) is 8.42 Å². The van der Waals surface area contributed by atoms with Gasteiger partial charge >= 0.3 is 0 Å². The number of hydrogen-bond donors (Lipinski definition) is 3. The van der Waals surface area contributed by atoms with Gasteiger partial charge in [-0.25, -0.2) is 13.8 Å². The van der Waals surface area contributed by atoms with Gasteiger partial charge in [-0.15, -0.1) is 0 Å². The molecule has 2 fully saturated rings. The summed E-state index contributed by atoms with van der Waals surface area (Å²) in [7, 11) is -3.29. The number of fused-ring (bicyclic) bond motifs is 1. The minimum atomic E-state index is -3.29. The zero-order chi connectivity index (χ0) is 21.1. The molecule has 0 bridgehead atoms. The molecule has 3 N–H and O–H groups in total. The van der Waals surface area contributed by atoms with Gasteiger partial charge in [0.1, 0.15) is 13.2 Å². The summed E-state index contributed by atoms with van der Waals surface area (Å²) in [5.41, 5.74) is 7.66. The molecule has 4 atom stereocenters. The highest BCUT2D eigenvalue weighted by Crippen LogP contribution is 2.35. The smallest absolute Gasteiger partial charge is 0.215 e. The summed E-state index contributed by atoms with van der Waals surface area (Å²) >= 11 is 0. The van der Waals surface area contributed by atoms with E-state index >= 15 is 0 Å². The first kappa shape index (κ1) is 21.8. The largest absolute Gasteiger partial charge is 0.486 e. The van der Waals surface area contributed by atoms with Crippen molar-refractivity contribution in [3.05, 3.63) is 23.8 Å². The molecule has 3 aliphatic heterocycles. The fourth-order valence-electron chi connectivity index (χ4n) is 4.31. The van der Waals surface area contributed by atoms with Crippen molar-refractivity contribution >= 4 is 10.0 Å². The minimum Gasteiger partial charge on any atom is -0.486 e. The van der Waals surface area contributed by atoms with Gasteiger partial charge in [0.15, 0.2) is 11.5 Å². The number of nitrogens with one attached hydrogen (secondary N) is 3. The lowest BCUT2D eigenvalue weighted by Gasteiger charge is -2.34. The number of morpholine rings is 1. The number of sulfonamides is 1. The molecule has 0 aromatic heterocycles. The third-order valence-electron chi connectivity index (χ3n) is 5.74.